The van der Waals surface area contributed by atoms with Crippen LogP contribution in [0.15, 0.2) is 5.16 Å². The molecule has 0 radical (unpaired) electrons. The highest BCUT2D eigenvalue weighted by Gasteiger charge is 2.39. The van der Waals surface area contributed by atoms with Crippen molar-refractivity contribution in [2.75, 3.05) is 12.4 Å². The Labute approximate surface area is 142 Å². The molecule has 1 atom stereocenters. The molecule has 2 N–H and O–H groups in total. The maximum Gasteiger partial charge on any atom is 0.453 e. The van der Waals surface area contributed by atoms with Crippen LogP contribution in [0.5, 0.6) is 0 Å². The molecule has 1 fully saturated rings. The highest BCUT2D eigenvalue weighted by Crippen LogP contribution is 2.31. The number of alkyl halides is 3. The molecular formula is C14H22F3N5OS. The van der Waals surface area contributed by atoms with Crippen molar-refractivity contribution in [3.05, 3.63) is 5.82 Å². The van der Waals surface area contributed by atoms with Crippen LogP contribution in [0.25, 0.3) is 0 Å². The summed E-state index contributed by atoms with van der Waals surface area (Å²) < 4.78 is 38.5. The summed E-state index contributed by atoms with van der Waals surface area (Å²) in [6.45, 7) is 4.15. The molecule has 0 spiro atoms. The topological polar surface area (TPSA) is 77.0 Å². The SMILES string of the molecule is CCN(C(=O)[C@@H](C)Sc1nnc(C(F)(F)F)n1N)C1CCCCC1. The highest BCUT2D eigenvalue weighted by atomic mass is 32.2. The summed E-state index contributed by atoms with van der Waals surface area (Å²) in [5.74, 6) is 4.04. The second-order valence-corrected chi connectivity index (χ2v) is 7.16. The number of amides is 1. The van der Waals surface area contributed by atoms with Crippen LogP contribution in [0.4, 0.5) is 13.2 Å². The summed E-state index contributed by atoms with van der Waals surface area (Å²) in [7, 11) is 0. The van der Waals surface area contributed by atoms with E-state index in [-0.39, 0.29) is 17.1 Å². The molecule has 1 aliphatic rings. The first-order valence-corrected chi connectivity index (χ1v) is 8.88. The van der Waals surface area contributed by atoms with E-state index in [1.165, 1.54) is 6.42 Å². The minimum absolute atomic E-state index is 0.106. The maximum atomic E-state index is 12.7. The second-order valence-electron chi connectivity index (χ2n) is 5.85. The van der Waals surface area contributed by atoms with E-state index in [0.717, 1.165) is 37.4 Å². The van der Waals surface area contributed by atoms with Gasteiger partial charge in [0.2, 0.25) is 11.1 Å². The van der Waals surface area contributed by atoms with Gasteiger partial charge in [0.05, 0.1) is 5.25 Å². The van der Waals surface area contributed by atoms with Crippen molar-refractivity contribution in [2.24, 2.45) is 0 Å². The van der Waals surface area contributed by atoms with E-state index in [4.69, 9.17) is 5.84 Å². The molecule has 24 heavy (non-hydrogen) atoms. The molecule has 2 rings (SSSR count). The van der Waals surface area contributed by atoms with Crippen LogP contribution in [0.1, 0.15) is 51.8 Å². The number of halogens is 3. The number of carbonyl (C=O) groups excluding carboxylic acids is 1. The fourth-order valence-electron chi connectivity index (χ4n) is 2.98. The Bertz CT molecular complexity index is 571. The summed E-state index contributed by atoms with van der Waals surface area (Å²) in [6, 6.07) is 0.209. The predicted octanol–water partition coefficient (Wildman–Crippen LogP) is 2.67. The van der Waals surface area contributed by atoms with Gasteiger partial charge in [-0.2, -0.15) is 13.2 Å². The molecule has 0 saturated heterocycles. The zero-order valence-electron chi connectivity index (χ0n) is 13.7. The van der Waals surface area contributed by atoms with E-state index < -0.39 is 17.3 Å². The van der Waals surface area contributed by atoms with Gasteiger partial charge in [-0.3, -0.25) is 4.79 Å². The Hall–Kier alpha value is -1.45. The molecule has 1 heterocycles. The van der Waals surface area contributed by atoms with Gasteiger partial charge >= 0.3 is 6.18 Å². The van der Waals surface area contributed by atoms with Crippen molar-refractivity contribution in [3.63, 3.8) is 0 Å². The predicted molar refractivity (Wildman–Crippen MR) is 84.8 cm³/mol. The molecule has 6 nitrogen and oxygen atoms in total. The van der Waals surface area contributed by atoms with Crippen LogP contribution in [-0.4, -0.2) is 43.5 Å². The van der Waals surface area contributed by atoms with Crippen molar-refractivity contribution in [3.8, 4) is 0 Å². The zero-order valence-corrected chi connectivity index (χ0v) is 14.5. The monoisotopic (exact) mass is 365 g/mol. The molecule has 1 amide bonds. The lowest BCUT2D eigenvalue weighted by Gasteiger charge is -2.35. The number of carbonyl (C=O) groups is 1. The molecule has 1 saturated carbocycles. The molecule has 0 aromatic carbocycles. The molecule has 1 aliphatic carbocycles. The number of thioether (sulfide) groups is 1. The summed E-state index contributed by atoms with van der Waals surface area (Å²) in [5.41, 5.74) is 0. The zero-order chi connectivity index (χ0) is 17.9. The Balaban J connectivity index is 2.06. The summed E-state index contributed by atoms with van der Waals surface area (Å²) in [6.07, 6.45) is 0.656. The number of nitrogen functional groups attached to an aromatic ring is 1. The average Bonchev–Trinajstić information content (AvgIpc) is 2.90. The Morgan fingerprint density at radius 2 is 2.00 bits per heavy atom. The Kier molecular flexibility index (Phi) is 6.00. The summed E-state index contributed by atoms with van der Waals surface area (Å²) >= 11 is 0.896. The van der Waals surface area contributed by atoms with Crippen LogP contribution < -0.4 is 5.84 Å². The number of hydrogen-bond acceptors (Lipinski definition) is 5. The first kappa shape index (κ1) is 18.9. The number of rotatable bonds is 5. The van der Waals surface area contributed by atoms with E-state index in [2.05, 4.69) is 10.2 Å². The number of nitrogens with two attached hydrogens (primary N) is 1. The summed E-state index contributed by atoms with van der Waals surface area (Å²) in [5, 5.41) is 5.83. The highest BCUT2D eigenvalue weighted by molar-refractivity contribution is 8.00. The van der Waals surface area contributed by atoms with Gasteiger partial charge in [0.1, 0.15) is 0 Å². The molecule has 0 aliphatic heterocycles. The fraction of sp³-hybridized carbons (Fsp3) is 0.786. The standard InChI is InChI=1S/C14H22F3N5OS/c1-3-21(10-7-5-4-6-8-10)11(23)9(2)24-13-20-19-12(22(13)18)14(15,16)17/h9-10H,3-8,18H2,1-2H3/t9-/m1/s1. The normalized spacial score (nSPS) is 17.7. The molecule has 1 aromatic rings. The lowest BCUT2D eigenvalue weighted by Crippen LogP contribution is -2.44. The van der Waals surface area contributed by atoms with Gasteiger partial charge in [-0.25, -0.2) is 4.68 Å². The Morgan fingerprint density at radius 1 is 1.38 bits per heavy atom. The van der Waals surface area contributed by atoms with Crippen molar-refractivity contribution < 1.29 is 18.0 Å². The van der Waals surface area contributed by atoms with E-state index >= 15 is 0 Å². The van der Waals surface area contributed by atoms with Gasteiger partial charge in [0.15, 0.2) is 0 Å². The quantitative estimate of drug-likeness (QED) is 0.641. The summed E-state index contributed by atoms with van der Waals surface area (Å²) in [4.78, 5) is 14.5. The first-order chi connectivity index (χ1) is 11.3. The number of aromatic nitrogens is 3. The van der Waals surface area contributed by atoms with Crippen molar-refractivity contribution in [2.45, 2.75) is 68.6 Å². The van der Waals surface area contributed by atoms with E-state index in [1.54, 1.807) is 6.92 Å². The third-order valence-corrected chi connectivity index (χ3v) is 5.23. The van der Waals surface area contributed by atoms with Gasteiger partial charge in [0, 0.05) is 12.6 Å². The lowest BCUT2D eigenvalue weighted by molar-refractivity contribution is -0.146. The first-order valence-electron chi connectivity index (χ1n) is 8.00. The van der Waals surface area contributed by atoms with E-state index in [9.17, 15) is 18.0 Å². The molecule has 0 bridgehead atoms. The molecule has 0 unspecified atom stereocenters. The van der Waals surface area contributed by atoms with Crippen LogP contribution >= 0.6 is 11.8 Å². The Morgan fingerprint density at radius 3 is 2.50 bits per heavy atom. The van der Waals surface area contributed by atoms with Gasteiger partial charge in [-0.15, -0.1) is 10.2 Å². The van der Waals surface area contributed by atoms with Crippen LogP contribution in [-0.2, 0) is 11.0 Å². The van der Waals surface area contributed by atoms with Crippen molar-refractivity contribution >= 4 is 17.7 Å². The van der Waals surface area contributed by atoms with Gasteiger partial charge in [-0.1, -0.05) is 31.0 Å². The molecule has 1 aromatic heterocycles. The van der Waals surface area contributed by atoms with Gasteiger partial charge in [0.25, 0.3) is 5.82 Å². The largest absolute Gasteiger partial charge is 0.453 e. The third kappa shape index (κ3) is 4.14. The van der Waals surface area contributed by atoms with Crippen LogP contribution in [0.2, 0.25) is 0 Å². The smallest absolute Gasteiger partial charge is 0.339 e. The van der Waals surface area contributed by atoms with Crippen LogP contribution in [0, 0.1) is 0 Å². The minimum Gasteiger partial charge on any atom is -0.339 e. The minimum atomic E-state index is -4.68. The van der Waals surface area contributed by atoms with E-state index in [0.29, 0.717) is 11.2 Å². The lowest BCUT2D eigenvalue weighted by atomic mass is 9.94. The fourth-order valence-corrected chi connectivity index (χ4v) is 3.82. The van der Waals surface area contributed by atoms with Gasteiger partial charge in [-0.05, 0) is 26.7 Å². The molecule has 136 valence electrons. The number of hydrogen-bond donors (Lipinski definition) is 1. The third-order valence-electron chi connectivity index (χ3n) is 4.19. The second kappa shape index (κ2) is 7.62. The van der Waals surface area contributed by atoms with Gasteiger partial charge < -0.3 is 10.7 Å². The number of nitrogens with zero attached hydrogens (tertiary/aromatic N) is 4. The van der Waals surface area contributed by atoms with Crippen molar-refractivity contribution in [1.82, 2.24) is 19.8 Å². The molecule has 10 heteroatoms. The average molecular weight is 365 g/mol. The maximum absolute atomic E-state index is 12.7. The van der Waals surface area contributed by atoms with Crippen molar-refractivity contribution in [1.29, 1.82) is 0 Å². The van der Waals surface area contributed by atoms with Crippen LogP contribution in [0.3, 0.4) is 0 Å². The van der Waals surface area contributed by atoms with E-state index in [1.807, 2.05) is 11.8 Å². The molecular weight excluding hydrogens is 343 g/mol.